The van der Waals surface area contributed by atoms with Gasteiger partial charge in [-0.15, -0.1) is 0 Å². The average Bonchev–Trinajstić information content (AvgIpc) is 3.04. The second kappa shape index (κ2) is 9.86. The van der Waals surface area contributed by atoms with Crippen LogP contribution >= 0.6 is 0 Å². The van der Waals surface area contributed by atoms with E-state index in [2.05, 4.69) is 70.3 Å². The van der Waals surface area contributed by atoms with Crippen molar-refractivity contribution in [1.29, 1.82) is 0 Å². The van der Waals surface area contributed by atoms with Crippen molar-refractivity contribution in [2.45, 2.75) is 19.1 Å². The maximum Gasteiger partial charge on any atom is 0.248 e. The highest BCUT2D eigenvalue weighted by molar-refractivity contribution is 5.93. The molecule has 0 saturated heterocycles. The average molecular weight is 446 g/mol. The number of aromatic nitrogens is 1. The second-order valence-electron chi connectivity index (χ2n) is 8.67. The zero-order valence-electron chi connectivity index (χ0n) is 19.0. The van der Waals surface area contributed by atoms with Crippen molar-refractivity contribution in [3.05, 3.63) is 138 Å². The fourth-order valence-corrected chi connectivity index (χ4v) is 4.62. The lowest BCUT2D eigenvalue weighted by Crippen LogP contribution is -2.34. The highest BCUT2D eigenvalue weighted by Gasteiger charge is 2.23. The van der Waals surface area contributed by atoms with Crippen molar-refractivity contribution >= 4 is 5.91 Å². The van der Waals surface area contributed by atoms with Crippen LogP contribution in [0, 0.1) is 0 Å². The number of fused-ring (bicyclic) bond motifs is 3. The number of nitrogens with zero attached hydrogens (tertiary/aromatic N) is 2. The van der Waals surface area contributed by atoms with Crippen LogP contribution in [0.3, 0.4) is 0 Å². The minimum absolute atomic E-state index is 0.150. The topological polar surface area (TPSA) is 45.2 Å². The first-order valence-corrected chi connectivity index (χ1v) is 11.5. The normalized spacial score (nSPS) is 13.8. The Morgan fingerprint density at radius 3 is 2.03 bits per heavy atom. The first kappa shape index (κ1) is 21.8. The van der Waals surface area contributed by atoms with E-state index in [1.54, 1.807) is 12.4 Å². The van der Waals surface area contributed by atoms with Gasteiger partial charge in [-0.1, -0.05) is 91.5 Å². The van der Waals surface area contributed by atoms with E-state index in [1.807, 2.05) is 42.5 Å². The molecule has 1 aromatic heterocycles. The number of pyridine rings is 1. The number of carbonyl (C=O) groups is 1. The Hall–Kier alpha value is -4.02. The molecule has 1 N–H and O–H groups in total. The maximum absolute atomic E-state index is 13.3. The third-order valence-corrected chi connectivity index (χ3v) is 6.27. The van der Waals surface area contributed by atoms with Crippen molar-refractivity contribution in [3.8, 4) is 11.1 Å². The van der Waals surface area contributed by atoms with E-state index in [4.69, 9.17) is 0 Å². The van der Waals surface area contributed by atoms with Crippen molar-refractivity contribution in [2.75, 3.05) is 6.54 Å². The molecule has 0 radical (unpaired) electrons. The second-order valence-corrected chi connectivity index (χ2v) is 8.67. The molecule has 168 valence electrons. The SMILES string of the molecule is C=C(CN1Cc2ccccc2-c2ccccc2C1)C(=O)NC(c1ccccc1)c1cccnc1. The van der Waals surface area contributed by atoms with Gasteiger partial charge in [0.1, 0.15) is 0 Å². The predicted octanol–water partition coefficient (Wildman–Crippen LogP) is 5.53. The van der Waals surface area contributed by atoms with Crippen LogP contribution in [0.2, 0.25) is 0 Å². The summed E-state index contributed by atoms with van der Waals surface area (Å²) in [5, 5.41) is 3.19. The van der Waals surface area contributed by atoms with Crippen LogP contribution in [0.4, 0.5) is 0 Å². The number of nitrogens with one attached hydrogen (secondary N) is 1. The Balaban J connectivity index is 1.35. The number of rotatable bonds is 6. The van der Waals surface area contributed by atoms with E-state index >= 15 is 0 Å². The molecule has 4 heteroatoms. The molecule has 0 aliphatic carbocycles. The molecule has 0 spiro atoms. The number of hydrogen-bond acceptors (Lipinski definition) is 3. The lowest BCUT2D eigenvalue weighted by Gasteiger charge is -2.24. The summed E-state index contributed by atoms with van der Waals surface area (Å²) < 4.78 is 0. The molecular weight excluding hydrogens is 418 g/mol. The lowest BCUT2D eigenvalue weighted by molar-refractivity contribution is -0.118. The molecule has 1 amide bonds. The van der Waals surface area contributed by atoms with Gasteiger partial charge in [-0.2, -0.15) is 0 Å². The lowest BCUT2D eigenvalue weighted by atomic mass is 9.97. The van der Waals surface area contributed by atoms with Gasteiger partial charge < -0.3 is 5.32 Å². The van der Waals surface area contributed by atoms with Crippen LogP contribution in [-0.2, 0) is 17.9 Å². The van der Waals surface area contributed by atoms with Crippen LogP contribution in [0.15, 0.2) is 116 Å². The van der Waals surface area contributed by atoms with Crippen LogP contribution in [0.1, 0.15) is 28.3 Å². The summed E-state index contributed by atoms with van der Waals surface area (Å²) in [6.45, 7) is 6.18. The van der Waals surface area contributed by atoms with Gasteiger partial charge in [-0.05, 0) is 39.4 Å². The molecule has 1 unspecified atom stereocenters. The molecule has 4 aromatic rings. The van der Waals surface area contributed by atoms with Crippen LogP contribution in [-0.4, -0.2) is 22.3 Å². The zero-order valence-corrected chi connectivity index (χ0v) is 19.0. The van der Waals surface area contributed by atoms with Crippen molar-refractivity contribution in [1.82, 2.24) is 15.2 Å². The van der Waals surface area contributed by atoms with Crippen molar-refractivity contribution in [3.63, 3.8) is 0 Å². The Kier molecular flexibility index (Phi) is 6.32. The molecule has 1 aliphatic rings. The Labute approximate surface area is 200 Å². The highest BCUT2D eigenvalue weighted by atomic mass is 16.1. The molecular formula is C30H27N3O. The molecule has 4 nitrogen and oxygen atoms in total. The molecule has 34 heavy (non-hydrogen) atoms. The summed E-state index contributed by atoms with van der Waals surface area (Å²) in [5.41, 5.74) is 7.53. The Bertz CT molecular complexity index is 1210. The number of carbonyl (C=O) groups excluding carboxylic acids is 1. The highest BCUT2D eigenvalue weighted by Crippen LogP contribution is 2.32. The quantitative estimate of drug-likeness (QED) is 0.397. The van der Waals surface area contributed by atoms with Crippen molar-refractivity contribution in [2.24, 2.45) is 0 Å². The summed E-state index contributed by atoms with van der Waals surface area (Å²) in [6.07, 6.45) is 3.53. The van der Waals surface area contributed by atoms with Gasteiger partial charge in [-0.3, -0.25) is 14.7 Å². The minimum Gasteiger partial charge on any atom is -0.341 e. The molecule has 2 heterocycles. The van der Waals surface area contributed by atoms with Gasteiger partial charge in [0.2, 0.25) is 5.91 Å². The molecule has 0 bridgehead atoms. The first-order valence-electron chi connectivity index (χ1n) is 11.5. The van der Waals surface area contributed by atoms with E-state index in [0.29, 0.717) is 12.1 Å². The standard InChI is InChI=1S/C30H27N3O/c1-22(30(34)32-29(23-10-3-2-4-11-23)24-14-9-17-31-18-24)19-33-20-25-12-5-7-15-27(25)28-16-8-6-13-26(28)21-33/h2-18,29H,1,19-21H2,(H,32,34). The summed E-state index contributed by atoms with van der Waals surface area (Å²) in [5.74, 6) is -0.150. The summed E-state index contributed by atoms with van der Waals surface area (Å²) in [7, 11) is 0. The molecule has 0 fully saturated rings. The summed E-state index contributed by atoms with van der Waals surface area (Å²) >= 11 is 0. The predicted molar refractivity (Wildman–Crippen MR) is 136 cm³/mol. The van der Waals surface area contributed by atoms with Gasteiger partial charge in [-0.25, -0.2) is 0 Å². The molecule has 1 aliphatic heterocycles. The van der Waals surface area contributed by atoms with Gasteiger partial charge in [0, 0.05) is 37.6 Å². The van der Waals surface area contributed by atoms with E-state index < -0.39 is 0 Å². The maximum atomic E-state index is 13.3. The van der Waals surface area contributed by atoms with Gasteiger partial charge in [0.05, 0.1) is 6.04 Å². The van der Waals surface area contributed by atoms with Gasteiger partial charge in [0.25, 0.3) is 0 Å². The first-order chi connectivity index (χ1) is 16.7. The summed E-state index contributed by atoms with van der Waals surface area (Å²) in [4.78, 5) is 19.8. The monoisotopic (exact) mass is 445 g/mol. The van der Waals surface area contributed by atoms with Crippen LogP contribution in [0.5, 0.6) is 0 Å². The third kappa shape index (κ3) is 4.68. The number of benzene rings is 3. The van der Waals surface area contributed by atoms with E-state index in [-0.39, 0.29) is 11.9 Å². The smallest absolute Gasteiger partial charge is 0.248 e. The van der Waals surface area contributed by atoms with E-state index in [0.717, 1.165) is 24.2 Å². The number of hydrogen-bond donors (Lipinski definition) is 1. The molecule has 1 atom stereocenters. The zero-order chi connectivity index (χ0) is 23.3. The third-order valence-electron chi connectivity index (χ3n) is 6.27. The van der Waals surface area contributed by atoms with E-state index in [9.17, 15) is 4.79 Å². The van der Waals surface area contributed by atoms with Crippen LogP contribution < -0.4 is 5.32 Å². The largest absolute Gasteiger partial charge is 0.341 e. The fourth-order valence-electron chi connectivity index (χ4n) is 4.62. The summed E-state index contributed by atoms with van der Waals surface area (Å²) in [6, 6.07) is 30.6. The fraction of sp³-hybridized carbons (Fsp3) is 0.133. The Morgan fingerprint density at radius 1 is 0.824 bits per heavy atom. The molecule has 0 saturated carbocycles. The Morgan fingerprint density at radius 2 is 1.41 bits per heavy atom. The van der Waals surface area contributed by atoms with Crippen LogP contribution in [0.25, 0.3) is 11.1 Å². The van der Waals surface area contributed by atoms with Crippen molar-refractivity contribution < 1.29 is 4.79 Å². The molecule has 3 aromatic carbocycles. The van der Waals surface area contributed by atoms with Gasteiger partial charge >= 0.3 is 0 Å². The van der Waals surface area contributed by atoms with Gasteiger partial charge in [0.15, 0.2) is 0 Å². The number of amides is 1. The molecule has 5 rings (SSSR count). The minimum atomic E-state index is -0.287. The van der Waals surface area contributed by atoms with E-state index in [1.165, 1.54) is 22.3 Å².